The fourth-order valence-electron chi connectivity index (χ4n) is 4.20. The molecular weight excluding hydrogens is 466 g/mol. The van der Waals surface area contributed by atoms with Gasteiger partial charge in [0.05, 0.1) is 41.7 Å². The zero-order valence-corrected chi connectivity index (χ0v) is 20.7. The van der Waals surface area contributed by atoms with Crippen LogP contribution in [0.2, 0.25) is 0 Å². The summed E-state index contributed by atoms with van der Waals surface area (Å²) < 4.78 is 13.3. The molecule has 5 rings (SSSR count). The lowest BCUT2D eigenvalue weighted by Crippen LogP contribution is -2.29. The first-order chi connectivity index (χ1) is 16.9. The van der Waals surface area contributed by atoms with E-state index in [2.05, 4.69) is 15.4 Å². The molecule has 10 heteroatoms. The maximum atomic E-state index is 13.2. The number of hydrogen-bond donors (Lipinski definition) is 1. The van der Waals surface area contributed by atoms with Gasteiger partial charge in [-0.25, -0.2) is 4.98 Å². The van der Waals surface area contributed by atoms with Crippen LogP contribution < -0.4 is 19.7 Å². The van der Waals surface area contributed by atoms with E-state index in [-0.39, 0.29) is 24.8 Å². The van der Waals surface area contributed by atoms with E-state index in [1.807, 2.05) is 50.2 Å². The molecule has 1 unspecified atom stereocenters. The highest BCUT2D eigenvalue weighted by molar-refractivity contribution is 7.20. The van der Waals surface area contributed by atoms with Crippen LogP contribution in [0.15, 0.2) is 42.5 Å². The highest BCUT2D eigenvalue weighted by Crippen LogP contribution is 2.35. The Balaban J connectivity index is 1.38. The second-order valence-corrected chi connectivity index (χ2v) is 9.49. The number of nitrogens with one attached hydrogen (secondary N) is 1. The smallest absolute Gasteiger partial charge is 0.230 e. The number of nitrogens with zero attached hydrogens (tertiary/aromatic N) is 4. The van der Waals surface area contributed by atoms with Crippen LogP contribution in [-0.4, -0.2) is 47.3 Å². The SMILES string of the molecule is COc1ccc2nc(-n3nc(C)cc3NC(=O)C3CC(=O)N(c4cc(C)ccc4OC)C3)sc2c1. The number of methoxy groups -OCH3 is 2. The Kier molecular flexibility index (Phi) is 5.89. The topological polar surface area (TPSA) is 98.6 Å². The molecule has 1 atom stereocenters. The third kappa shape index (κ3) is 4.32. The molecule has 2 aromatic heterocycles. The first-order valence-electron chi connectivity index (χ1n) is 11.1. The molecule has 3 heterocycles. The zero-order valence-electron chi connectivity index (χ0n) is 19.9. The summed E-state index contributed by atoms with van der Waals surface area (Å²) in [5, 5.41) is 8.13. The van der Waals surface area contributed by atoms with Gasteiger partial charge in [-0.2, -0.15) is 9.78 Å². The van der Waals surface area contributed by atoms with Gasteiger partial charge in [-0.1, -0.05) is 17.4 Å². The Hall–Kier alpha value is -3.92. The summed E-state index contributed by atoms with van der Waals surface area (Å²) in [4.78, 5) is 32.3. The van der Waals surface area contributed by atoms with E-state index >= 15 is 0 Å². The average Bonchev–Trinajstić information content (AvgIpc) is 3.54. The molecule has 1 N–H and O–H groups in total. The molecule has 2 amide bonds. The van der Waals surface area contributed by atoms with Gasteiger partial charge in [-0.15, -0.1) is 0 Å². The zero-order chi connectivity index (χ0) is 24.7. The number of fused-ring (bicyclic) bond motifs is 1. The lowest BCUT2D eigenvalue weighted by molar-refractivity contribution is -0.122. The Morgan fingerprint density at radius 3 is 2.71 bits per heavy atom. The van der Waals surface area contributed by atoms with Gasteiger partial charge in [0.15, 0.2) is 0 Å². The maximum absolute atomic E-state index is 13.2. The van der Waals surface area contributed by atoms with Crippen molar-refractivity contribution in [1.29, 1.82) is 0 Å². The number of carbonyl (C=O) groups excluding carboxylic acids is 2. The number of amides is 2. The lowest BCUT2D eigenvalue weighted by Gasteiger charge is -2.20. The monoisotopic (exact) mass is 491 g/mol. The number of anilines is 2. The van der Waals surface area contributed by atoms with Crippen LogP contribution in [0.3, 0.4) is 0 Å². The van der Waals surface area contributed by atoms with Crippen LogP contribution in [0.4, 0.5) is 11.5 Å². The third-order valence-corrected chi connectivity index (χ3v) is 6.96. The Labute approximate surface area is 206 Å². The molecule has 4 aromatic rings. The molecule has 0 aliphatic carbocycles. The minimum Gasteiger partial charge on any atom is -0.497 e. The normalized spacial score (nSPS) is 15.6. The lowest BCUT2D eigenvalue weighted by atomic mass is 10.1. The molecule has 2 aromatic carbocycles. The van der Waals surface area contributed by atoms with Crippen molar-refractivity contribution in [1.82, 2.24) is 14.8 Å². The standard InChI is InChI=1S/C25H25N5O4S/c1-14-5-8-20(34-4)19(9-14)29-13-16(11-23(29)31)24(32)27-22-10-15(2)28-30(22)25-26-18-7-6-17(33-3)12-21(18)35-25/h5-10,12,16H,11,13H2,1-4H3,(H,27,32). The van der Waals surface area contributed by atoms with Crippen LogP contribution in [0.5, 0.6) is 11.5 Å². The van der Waals surface area contributed by atoms with E-state index in [9.17, 15) is 9.59 Å². The Bertz CT molecular complexity index is 1440. The van der Waals surface area contributed by atoms with E-state index in [1.165, 1.54) is 11.3 Å². The van der Waals surface area contributed by atoms with Gasteiger partial charge in [0.1, 0.15) is 17.3 Å². The third-order valence-electron chi connectivity index (χ3n) is 5.97. The van der Waals surface area contributed by atoms with Crippen molar-refractivity contribution in [2.45, 2.75) is 20.3 Å². The number of benzene rings is 2. The highest BCUT2D eigenvalue weighted by Gasteiger charge is 2.36. The molecule has 0 radical (unpaired) electrons. The maximum Gasteiger partial charge on any atom is 0.230 e. The Morgan fingerprint density at radius 2 is 1.94 bits per heavy atom. The molecule has 1 fully saturated rings. The second-order valence-electron chi connectivity index (χ2n) is 8.48. The van der Waals surface area contributed by atoms with E-state index in [1.54, 1.807) is 29.9 Å². The summed E-state index contributed by atoms with van der Waals surface area (Å²) in [6, 6.07) is 13.1. The van der Waals surface area contributed by atoms with Crippen molar-refractivity contribution >= 4 is 44.9 Å². The van der Waals surface area contributed by atoms with Crippen LogP contribution in [0.25, 0.3) is 15.3 Å². The summed E-state index contributed by atoms with van der Waals surface area (Å²) in [6.45, 7) is 4.08. The molecule has 1 aliphatic heterocycles. The number of aromatic nitrogens is 3. The molecule has 0 saturated carbocycles. The molecule has 180 valence electrons. The number of hydrogen-bond acceptors (Lipinski definition) is 7. The van der Waals surface area contributed by atoms with Gasteiger partial charge >= 0.3 is 0 Å². The first kappa shape index (κ1) is 22.9. The largest absolute Gasteiger partial charge is 0.497 e. The minimum atomic E-state index is -0.504. The predicted octanol–water partition coefficient (Wildman–Crippen LogP) is 4.11. The summed E-state index contributed by atoms with van der Waals surface area (Å²) in [6.07, 6.45) is 0.122. The number of thiazole rings is 1. The summed E-state index contributed by atoms with van der Waals surface area (Å²) in [5.74, 6) is 1.01. The minimum absolute atomic E-state index is 0.112. The highest BCUT2D eigenvalue weighted by atomic mass is 32.1. The molecule has 0 spiro atoms. The first-order valence-corrected chi connectivity index (χ1v) is 12.0. The molecule has 1 aliphatic rings. The molecule has 0 bridgehead atoms. The van der Waals surface area contributed by atoms with Crippen molar-refractivity contribution in [2.75, 3.05) is 31.0 Å². The second kappa shape index (κ2) is 9.03. The molecular formula is C25H25N5O4S. The van der Waals surface area contributed by atoms with Gasteiger partial charge in [0, 0.05) is 19.0 Å². The van der Waals surface area contributed by atoms with Crippen molar-refractivity contribution < 1.29 is 19.1 Å². The summed E-state index contributed by atoms with van der Waals surface area (Å²) >= 11 is 1.45. The van der Waals surface area contributed by atoms with Gasteiger partial charge < -0.3 is 19.7 Å². The van der Waals surface area contributed by atoms with Crippen molar-refractivity contribution in [3.05, 3.63) is 53.7 Å². The van der Waals surface area contributed by atoms with Gasteiger partial charge in [-0.3, -0.25) is 9.59 Å². The number of aryl methyl sites for hydroxylation is 2. The van der Waals surface area contributed by atoms with Gasteiger partial charge in [0.2, 0.25) is 16.9 Å². The van der Waals surface area contributed by atoms with E-state index in [0.717, 1.165) is 27.2 Å². The van der Waals surface area contributed by atoms with Gasteiger partial charge in [-0.05, 0) is 49.7 Å². The van der Waals surface area contributed by atoms with E-state index in [0.29, 0.717) is 22.4 Å². The predicted molar refractivity (Wildman–Crippen MR) is 135 cm³/mol. The summed E-state index contributed by atoms with van der Waals surface area (Å²) in [5.41, 5.74) is 3.25. The Morgan fingerprint density at radius 1 is 1.11 bits per heavy atom. The molecule has 35 heavy (non-hydrogen) atoms. The van der Waals surface area contributed by atoms with Crippen molar-refractivity contribution in [2.24, 2.45) is 5.92 Å². The fourth-order valence-corrected chi connectivity index (χ4v) is 5.16. The van der Waals surface area contributed by atoms with Gasteiger partial charge in [0.25, 0.3) is 0 Å². The van der Waals surface area contributed by atoms with Crippen molar-refractivity contribution in [3.63, 3.8) is 0 Å². The average molecular weight is 492 g/mol. The van der Waals surface area contributed by atoms with E-state index < -0.39 is 5.92 Å². The quantitative estimate of drug-likeness (QED) is 0.436. The number of ether oxygens (including phenoxy) is 2. The van der Waals surface area contributed by atoms with Crippen LogP contribution in [-0.2, 0) is 9.59 Å². The number of carbonyl (C=O) groups is 2. The van der Waals surface area contributed by atoms with Crippen molar-refractivity contribution in [3.8, 4) is 16.6 Å². The van der Waals surface area contributed by atoms with E-state index in [4.69, 9.17) is 9.47 Å². The molecule has 9 nitrogen and oxygen atoms in total. The number of rotatable bonds is 6. The van der Waals surface area contributed by atoms with Crippen LogP contribution in [0, 0.1) is 19.8 Å². The summed E-state index contributed by atoms with van der Waals surface area (Å²) in [7, 11) is 3.19. The van der Waals surface area contributed by atoms with Crippen LogP contribution >= 0.6 is 11.3 Å². The molecule has 1 saturated heterocycles. The van der Waals surface area contributed by atoms with Crippen LogP contribution in [0.1, 0.15) is 17.7 Å². The fraction of sp³-hybridized carbons (Fsp3) is 0.280.